The summed E-state index contributed by atoms with van der Waals surface area (Å²) in [6, 6.07) is 20.3. The summed E-state index contributed by atoms with van der Waals surface area (Å²) in [5.41, 5.74) is 1.84. The highest BCUT2D eigenvalue weighted by molar-refractivity contribution is 6.31. The van der Waals surface area contributed by atoms with Crippen LogP contribution in [0.2, 0.25) is 5.02 Å². The number of rotatable bonds is 8. The quantitative estimate of drug-likeness (QED) is 0.371. The summed E-state index contributed by atoms with van der Waals surface area (Å²) in [6.45, 7) is 0.0192. The molecule has 0 bridgehead atoms. The van der Waals surface area contributed by atoms with E-state index in [1.54, 1.807) is 66.7 Å². The Bertz CT molecular complexity index is 1380. The van der Waals surface area contributed by atoms with Crippen molar-refractivity contribution in [2.24, 2.45) is 0 Å². The highest BCUT2D eigenvalue weighted by atomic mass is 35.5. The van der Waals surface area contributed by atoms with Crippen LogP contribution in [-0.4, -0.2) is 23.6 Å². The molecule has 0 saturated heterocycles. The monoisotopic (exact) mass is 480 g/mol. The van der Waals surface area contributed by atoms with E-state index in [4.69, 9.17) is 25.5 Å². The second-order valence-electron chi connectivity index (χ2n) is 7.38. The summed E-state index contributed by atoms with van der Waals surface area (Å²) < 4.78 is 17.2. The number of ether oxygens (including phenoxy) is 2. The number of carbonyl (C=O) groups is 2. The van der Waals surface area contributed by atoms with Crippen LogP contribution >= 0.6 is 11.6 Å². The zero-order valence-electron chi connectivity index (χ0n) is 18.2. The molecule has 9 heteroatoms. The van der Waals surface area contributed by atoms with E-state index >= 15 is 0 Å². The first kappa shape index (κ1) is 23.1. The molecule has 1 unspecified atom stereocenters. The van der Waals surface area contributed by atoms with Crippen LogP contribution in [0.5, 0.6) is 5.75 Å². The van der Waals surface area contributed by atoms with Gasteiger partial charge < -0.3 is 19.2 Å². The van der Waals surface area contributed by atoms with Crippen LogP contribution < -0.4 is 15.8 Å². The fourth-order valence-electron chi connectivity index (χ4n) is 3.45. The summed E-state index contributed by atoms with van der Waals surface area (Å²) in [5.74, 6) is -1.20. The fourth-order valence-corrected chi connectivity index (χ4v) is 3.62. The smallest absolute Gasteiger partial charge is 0.419 e. The van der Waals surface area contributed by atoms with Crippen molar-refractivity contribution in [3.8, 4) is 5.75 Å². The average molecular weight is 481 g/mol. The first-order valence-electron chi connectivity index (χ1n) is 10.4. The van der Waals surface area contributed by atoms with Gasteiger partial charge in [-0.15, -0.1) is 0 Å². The van der Waals surface area contributed by atoms with Crippen molar-refractivity contribution in [3.05, 3.63) is 93.9 Å². The number of nitrogens with one attached hydrogen (secondary N) is 1. The van der Waals surface area contributed by atoms with E-state index in [9.17, 15) is 14.4 Å². The van der Waals surface area contributed by atoms with Crippen LogP contribution in [0.15, 0.2) is 82.0 Å². The number of halogens is 1. The predicted octanol–water partition coefficient (Wildman–Crippen LogP) is 4.57. The van der Waals surface area contributed by atoms with Crippen LogP contribution in [0.3, 0.4) is 0 Å². The number of benzene rings is 3. The lowest BCUT2D eigenvalue weighted by atomic mass is 10.1. The first-order chi connectivity index (χ1) is 16.4. The first-order valence-corrected chi connectivity index (χ1v) is 10.8. The molecule has 0 aliphatic heterocycles. The van der Waals surface area contributed by atoms with Gasteiger partial charge in [0.2, 0.25) is 6.10 Å². The maximum absolute atomic E-state index is 13.0. The van der Waals surface area contributed by atoms with Gasteiger partial charge in [-0.05, 0) is 24.3 Å². The zero-order chi connectivity index (χ0) is 24.1. The summed E-state index contributed by atoms with van der Waals surface area (Å²) in [5, 5.41) is 3.18. The molecular weight excluding hydrogens is 460 g/mol. The van der Waals surface area contributed by atoms with E-state index in [-0.39, 0.29) is 13.0 Å². The Labute approximate surface area is 199 Å². The second kappa shape index (κ2) is 10.3. The van der Waals surface area contributed by atoms with Gasteiger partial charge in [0, 0.05) is 35.0 Å². The molecule has 174 valence electrons. The topological polar surface area (TPSA) is 99.8 Å². The van der Waals surface area contributed by atoms with Gasteiger partial charge in [0.05, 0.1) is 19.0 Å². The minimum absolute atomic E-state index is 0.0192. The molecule has 4 aromatic rings. The average Bonchev–Trinajstić information content (AvgIpc) is 3.15. The molecule has 1 atom stereocenters. The summed E-state index contributed by atoms with van der Waals surface area (Å²) >= 11 is 5.94. The molecular formula is C25H21ClN2O6. The molecule has 34 heavy (non-hydrogen) atoms. The van der Waals surface area contributed by atoms with E-state index < -0.39 is 23.7 Å². The van der Waals surface area contributed by atoms with Crippen molar-refractivity contribution >= 4 is 40.3 Å². The standard InChI is InChI=1S/C25H21ClN2O6/c1-32-19-9-5-8-18(15-19)27-24(30)23(16-6-3-2-4-7-16)34-22(29)12-13-28-20-11-10-17(26)14-21(20)33-25(28)31/h2-11,14-15,23H,12-13H2,1H3,(H,27,30). The molecule has 1 heterocycles. The molecule has 0 aliphatic carbocycles. The van der Waals surface area contributed by atoms with Crippen LogP contribution in [0.4, 0.5) is 5.69 Å². The van der Waals surface area contributed by atoms with Crippen molar-refractivity contribution in [2.75, 3.05) is 12.4 Å². The van der Waals surface area contributed by atoms with Crippen molar-refractivity contribution < 1.29 is 23.5 Å². The van der Waals surface area contributed by atoms with Gasteiger partial charge in [0.1, 0.15) is 5.75 Å². The molecule has 0 radical (unpaired) electrons. The van der Waals surface area contributed by atoms with Gasteiger partial charge in [-0.3, -0.25) is 14.2 Å². The van der Waals surface area contributed by atoms with Crippen LogP contribution in [-0.2, 0) is 20.9 Å². The highest BCUT2D eigenvalue weighted by Crippen LogP contribution is 2.23. The van der Waals surface area contributed by atoms with Crippen LogP contribution in [0, 0.1) is 0 Å². The zero-order valence-corrected chi connectivity index (χ0v) is 19.0. The minimum atomic E-state index is -1.18. The van der Waals surface area contributed by atoms with Gasteiger partial charge in [-0.2, -0.15) is 0 Å². The third-order valence-electron chi connectivity index (χ3n) is 5.10. The number of hydrogen-bond acceptors (Lipinski definition) is 6. The van der Waals surface area contributed by atoms with Gasteiger partial charge in [-0.25, -0.2) is 4.79 Å². The van der Waals surface area contributed by atoms with Crippen molar-refractivity contribution in [1.82, 2.24) is 4.57 Å². The normalized spacial score (nSPS) is 11.7. The summed E-state index contributed by atoms with van der Waals surface area (Å²) in [4.78, 5) is 37.9. The molecule has 0 fully saturated rings. The number of methoxy groups -OCH3 is 1. The fraction of sp³-hybridized carbons (Fsp3) is 0.160. The lowest BCUT2D eigenvalue weighted by Gasteiger charge is -2.18. The van der Waals surface area contributed by atoms with Gasteiger partial charge in [-0.1, -0.05) is 48.0 Å². The molecule has 0 spiro atoms. The van der Waals surface area contributed by atoms with E-state index in [1.165, 1.54) is 17.7 Å². The van der Waals surface area contributed by atoms with Gasteiger partial charge >= 0.3 is 11.7 Å². The molecule has 8 nitrogen and oxygen atoms in total. The number of hydrogen-bond donors (Lipinski definition) is 1. The lowest BCUT2D eigenvalue weighted by Crippen LogP contribution is -2.26. The van der Waals surface area contributed by atoms with E-state index in [0.29, 0.717) is 33.1 Å². The van der Waals surface area contributed by atoms with E-state index in [1.807, 2.05) is 0 Å². The maximum atomic E-state index is 13.0. The Morgan fingerprint density at radius 2 is 1.85 bits per heavy atom. The molecule has 4 rings (SSSR count). The Kier molecular flexibility index (Phi) is 6.98. The van der Waals surface area contributed by atoms with Gasteiger partial charge in [0.15, 0.2) is 5.58 Å². The molecule has 1 amide bonds. The van der Waals surface area contributed by atoms with Crippen LogP contribution in [0.25, 0.3) is 11.1 Å². The molecule has 0 aliphatic rings. The predicted molar refractivity (Wildman–Crippen MR) is 127 cm³/mol. The Morgan fingerprint density at radius 3 is 2.62 bits per heavy atom. The number of anilines is 1. The van der Waals surface area contributed by atoms with Gasteiger partial charge in [0.25, 0.3) is 5.91 Å². The minimum Gasteiger partial charge on any atom is -0.497 e. The number of oxazole rings is 1. The number of nitrogens with zero attached hydrogens (tertiary/aromatic N) is 1. The number of esters is 1. The van der Waals surface area contributed by atoms with Crippen molar-refractivity contribution in [1.29, 1.82) is 0 Å². The number of carbonyl (C=O) groups excluding carboxylic acids is 2. The van der Waals surface area contributed by atoms with E-state index in [2.05, 4.69) is 5.32 Å². The largest absolute Gasteiger partial charge is 0.497 e. The third-order valence-corrected chi connectivity index (χ3v) is 5.33. The van der Waals surface area contributed by atoms with Crippen molar-refractivity contribution in [2.45, 2.75) is 19.1 Å². The number of aromatic nitrogens is 1. The molecule has 1 aromatic heterocycles. The number of aryl methyl sites for hydroxylation is 1. The Hall–Kier alpha value is -4.04. The number of fused-ring (bicyclic) bond motifs is 1. The lowest BCUT2D eigenvalue weighted by molar-refractivity contribution is -0.155. The molecule has 3 aromatic carbocycles. The summed E-state index contributed by atoms with van der Waals surface area (Å²) in [6.07, 6.45) is -1.33. The summed E-state index contributed by atoms with van der Waals surface area (Å²) in [7, 11) is 1.53. The second-order valence-corrected chi connectivity index (χ2v) is 7.82. The van der Waals surface area contributed by atoms with Crippen LogP contribution in [0.1, 0.15) is 18.1 Å². The molecule has 1 N–H and O–H groups in total. The van der Waals surface area contributed by atoms with Crippen molar-refractivity contribution in [3.63, 3.8) is 0 Å². The maximum Gasteiger partial charge on any atom is 0.419 e. The van der Waals surface area contributed by atoms with E-state index in [0.717, 1.165) is 0 Å². The number of amides is 1. The SMILES string of the molecule is COc1cccc(NC(=O)C(OC(=O)CCn2c(=O)oc3cc(Cl)ccc32)c2ccccc2)c1. The molecule has 0 saturated carbocycles. The Morgan fingerprint density at radius 1 is 1.06 bits per heavy atom. The third kappa shape index (κ3) is 5.29. The highest BCUT2D eigenvalue weighted by Gasteiger charge is 2.25. The Balaban J connectivity index is 1.49.